The Morgan fingerprint density at radius 1 is 1.35 bits per heavy atom. The van der Waals surface area contributed by atoms with Crippen molar-refractivity contribution >= 4 is 33.3 Å². The molecule has 4 rings (SSSR count). The summed E-state index contributed by atoms with van der Waals surface area (Å²) in [5, 5.41) is 12.5. The van der Waals surface area contributed by atoms with Crippen molar-refractivity contribution in [2.75, 3.05) is 26.3 Å². The highest BCUT2D eigenvalue weighted by Crippen LogP contribution is 2.43. The fraction of sp³-hybridized carbons (Fsp3) is 0.412. The Kier molecular flexibility index (Phi) is 3.39. The Morgan fingerprint density at radius 2 is 2.17 bits per heavy atom. The molecular formula is C17H17NO4S. The Morgan fingerprint density at radius 3 is 2.96 bits per heavy atom. The highest BCUT2D eigenvalue weighted by atomic mass is 32.1. The standard InChI is InChI=1S/C17H17NO4S/c19-15(13-9-23-14-4-2-1-3-12(13)14)18-7-11-8-22-6-5-17(11,10-18)16(20)21/h1-4,9,11H,5-8,10H2,(H,20,21)/t11-,17+/m0/s1. The van der Waals surface area contributed by atoms with Gasteiger partial charge in [-0.3, -0.25) is 9.59 Å². The van der Waals surface area contributed by atoms with Gasteiger partial charge in [0.05, 0.1) is 17.6 Å². The summed E-state index contributed by atoms with van der Waals surface area (Å²) in [6, 6.07) is 7.81. The molecule has 5 nitrogen and oxygen atoms in total. The molecular weight excluding hydrogens is 314 g/mol. The van der Waals surface area contributed by atoms with Crippen LogP contribution in [-0.4, -0.2) is 48.2 Å². The predicted molar refractivity (Wildman–Crippen MR) is 86.7 cm³/mol. The van der Waals surface area contributed by atoms with Gasteiger partial charge in [0.1, 0.15) is 0 Å². The predicted octanol–water partition coefficient (Wildman–Crippen LogP) is 2.46. The molecule has 2 atom stereocenters. The van der Waals surface area contributed by atoms with Gasteiger partial charge in [-0.1, -0.05) is 18.2 Å². The van der Waals surface area contributed by atoms with Crippen LogP contribution in [0.25, 0.3) is 10.1 Å². The summed E-state index contributed by atoms with van der Waals surface area (Å²) in [6.45, 7) is 1.60. The molecule has 0 aliphatic carbocycles. The lowest BCUT2D eigenvalue weighted by Crippen LogP contribution is -2.45. The average Bonchev–Trinajstić information content (AvgIpc) is 3.16. The minimum Gasteiger partial charge on any atom is -0.481 e. The topological polar surface area (TPSA) is 66.8 Å². The van der Waals surface area contributed by atoms with Crippen LogP contribution in [0.3, 0.4) is 0 Å². The van der Waals surface area contributed by atoms with Crippen molar-refractivity contribution in [2.45, 2.75) is 6.42 Å². The highest BCUT2D eigenvalue weighted by molar-refractivity contribution is 7.17. The maximum atomic E-state index is 12.9. The van der Waals surface area contributed by atoms with E-state index in [1.807, 2.05) is 29.6 Å². The molecule has 2 aliphatic rings. The molecule has 1 N–H and O–H groups in total. The summed E-state index contributed by atoms with van der Waals surface area (Å²) in [5.41, 5.74) is -0.176. The molecule has 0 unspecified atom stereocenters. The molecule has 120 valence electrons. The number of hydrogen-bond donors (Lipinski definition) is 1. The van der Waals surface area contributed by atoms with Gasteiger partial charge >= 0.3 is 5.97 Å². The monoisotopic (exact) mass is 331 g/mol. The smallest absolute Gasteiger partial charge is 0.311 e. The maximum absolute atomic E-state index is 12.9. The van der Waals surface area contributed by atoms with Crippen molar-refractivity contribution in [3.8, 4) is 0 Å². The summed E-state index contributed by atoms with van der Waals surface area (Å²) in [4.78, 5) is 26.5. The number of likely N-dealkylation sites (tertiary alicyclic amines) is 1. The van der Waals surface area contributed by atoms with Crippen molar-refractivity contribution in [3.05, 3.63) is 35.2 Å². The lowest BCUT2D eigenvalue weighted by molar-refractivity contribution is -0.157. The first-order valence-corrected chi connectivity index (χ1v) is 8.56. The minimum atomic E-state index is -0.847. The summed E-state index contributed by atoms with van der Waals surface area (Å²) in [5.74, 6) is -1.00. The molecule has 23 heavy (non-hydrogen) atoms. The van der Waals surface area contributed by atoms with Crippen LogP contribution in [0.1, 0.15) is 16.8 Å². The Hall–Kier alpha value is -1.92. The third-order valence-electron chi connectivity index (χ3n) is 5.13. The zero-order valence-corrected chi connectivity index (χ0v) is 13.3. The zero-order valence-electron chi connectivity index (χ0n) is 12.5. The van der Waals surface area contributed by atoms with E-state index in [0.717, 1.165) is 10.1 Å². The lowest BCUT2D eigenvalue weighted by atomic mass is 9.74. The van der Waals surface area contributed by atoms with E-state index in [4.69, 9.17) is 4.74 Å². The fourth-order valence-electron chi connectivity index (χ4n) is 3.77. The molecule has 0 spiro atoms. The van der Waals surface area contributed by atoms with Gasteiger partial charge in [-0.05, 0) is 12.5 Å². The van der Waals surface area contributed by atoms with Crippen LogP contribution in [0, 0.1) is 11.3 Å². The Labute approximate surface area is 137 Å². The van der Waals surface area contributed by atoms with E-state index >= 15 is 0 Å². The quantitative estimate of drug-likeness (QED) is 0.918. The summed E-state index contributed by atoms with van der Waals surface area (Å²) >= 11 is 1.54. The Bertz CT molecular complexity index is 786. The SMILES string of the molecule is O=C(c1csc2ccccc12)N1C[C@H]2COCC[C@@]2(C(=O)O)C1. The number of carbonyl (C=O) groups is 2. The average molecular weight is 331 g/mol. The van der Waals surface area contributed by atoms with Crippen LogP contribution in [0.15, 0.2) is 29.6 Å². The largest absolute Gasteiger partial charge is 0.481 e. The van der Waals surface area contributed by atoms with E-state index < -0.39 is 11.4 Å². The number of amides is 1. The van der Waals surface area contributed by atoms with Gasteiger partial charge in [0, 0.05) is 41.1 Å². The maximum Gasteiger partial charge on any atom is 0.311 e. The number of benzene rings is 1. The van der Waals surface area contributed by atoms with Crippen LogP contribution in [-0.2, 0) is 9.53 Å². The van der Waals surface area contributed by atoms with Crippen LogP contribution in [0.2, 0.25) is 0 Å². The number of thiophene rings is 1. The molecule has 1 amide bonds. The molecule has 2 aliphatic heterocycles. The second-order valence-corrected chi connectivity index (χ2v) is 7.23. The third kappa shape index (κ3) is 2.16. The zero-order chi connectivity index (χ0) is 16.0. The molecule has 2 fully saturated rings. The van der Waals surface area contributed by atoms with Crippen molar-refractivity contribution in [1.29, 1.82) is 0 Å². The molecule has 2 aromatic rings. The van der Waals surface area contributed by atoms with E-state index in [0.29, 0.717) is 31.7 Å². The van der Waals surface area contributed by atoms with Crippen LogP contribution >= 0.6 is 11.3 Å². The van der Waals surface area contributed by atoms with Crippen LogP contribution < -0.4 is 0 Å². The molecule has 1 aromatic carbocycles. The molecule has 6 heteroatoms. The number of fused-ring (bicyclic) bond motifs is 2. The number of nitrogens with zero attached hydrogens (tertiary/aromatic N) is 1. The number of carboxylic acids is 1. The molecule has 3 heterocycles. The molecule has 0 saturated carbocycles. The summed E-state index contributed by atoms with van der Waals surface area (Å²) in [7, 11) is 0. The second kappa shape index (κ2) is 5.32. The van der Waals surface area contributed by atoms with Crippen LogP contribution in [0.5, 0.6) is 0 Å². The van der Waals surface area contributed by atoms with Crippen molar-refractivity contribution in [1.82, 2.24) is 4.90 Å². The number of ether oxygens (including phenoxy) is 1. The van der Waals surface area contributed by atoms with Crippen LogP contribution in [0.4, 0.5) is 0 Å². The number of rotatable bonds is 2. The normalized spacial score (nSPS) is 27.1. The van der Waals surface area contributed by atoms with E-state index in [-0.39, 0.29) is 18.4 Å². The third-order valence-corrected chi connectivity index (χ3v) is 6.09. The minimum absolute atomic E-state index is 0.0718. The van der Waals surface area contributed by atoms with Crippen molar-refractivity contribution < 1.29 is 19.4 Å². The van der Waals surface area contributed by atoms with Gasteiger partial charge < -0.3 is 14.7 Å². The van der Waals surface area contributed by atoms with Gasteiger partial charge in [-0.25, -0.2) is 0 Å². The van der Waals surface area contributed by atoms with E-state index in [1.54, 1.807) is 16.2 Å². The van der Waals surface area contributed by atoms with E-state index in [1.165, 1.54) is 0 Å². The van der Waals surface area contributed by atoms with E-state index in [9.17, 15) is 14.7 Å². The first-order valence-electron chi connectivity index (χ1n) is 7.68. The second-order valence-electron chi connectivity index (χ2n) is 6.31. The molecule has 0 bridgehead atoms. The van der Waals surface area contributed by atoms with Gasteiger partial charge in [-0.15, -0.1) is 11.3 Å². The van der Waals surface area contributed by atoms with Crippen molar-refractivity contribution in [3.63, 3.8) is 0 Å². The molecule has 0 radical (unpaired) electrons. The lowest BCUT2D eigenvalue weighted by Gasteiger charge is -2.33. The number of carboxylic acid groups (broad SMARTS) is 1. The van der Waals surface area contributed by atoms with Gasteiger partial charge in [-0.2, -0.15) is 0 Å². The van der Waals surface area contributed by atoms with Gasteiger partial charge in [0.15, 0.2) is 0 Å². The fourth-order valence-corrected chi connectivity index (χ4v) is 4.70. The summed E-state index contributed by atoms with van der Waals surface area (Å²) < 4.78 is 6.52. The first kappa shape index (κ1) is 14.7. The number of aliphatic carboxylic acids is 1. The van der Waals surface area contributed by atoms with E-state index in [2.05, 4.69) is 0 Å². The molecule has 2 saturated heterocycles. The Balaban J connectivity index is 1.66. The first-order chi connectivity index (χ1) is 11.1. The van der Waals surface area contributed by atoms with Gasteiger partial charge in [0.2, 0.25) is 0 Å². The molecule has 1 aromatic heterocycles. The number of carbonyl (C=O) groups excluding carboxylic acids is 1. The van der Waals surface area contributed by atoms with Crippen molar-refractivity contribution in [2.24, 2.45) is 11.3 Å². The van der Waals surface area contributed by atoms with Gasteiger partial charge in [0.25, 0.3) is 5.91 Å². The summed E-state index contributed by atoms with van der Waals surface area (Å²) in [6.07, 6.45) is 0.473. The highest BCUT2D eigenvalue weighted by Gasteiger charge is 2.55. The number of hydrogen-bond acceptors (Lipinski definition) is 4.